The summed E-state index contributed by atoms with van der Waals surface area (Å²) >= 11 is 3.46. The van der Waals surface area contributed by atoms with Crippen molar-refractivity contribution in [1.29, 1.82) is 0 Å². The zero-order valence-electron chi connectivity index (χ0n) is 13.4. The number of hydrogen-bond acceptors (Lipinski definition) is 3. The number of fused-ring (bicyclic) bond motifs is 1. The highest BCUT2D eigenvalue weighted by Crippen LogP contribution is 2.41. The lowest BCUT2D eigenvalue weighted by Crippen LogP contribution is -2.29. The Morgan fingerprint density at radius 3 is 2.67 bits per heavy atom. The van der Waals surface area contributed by atoms with Gasteiger partial charge < -0.3 is 9.64 Å². The molecule has 0 saturated heterocycles. The molecule has 24 heavy (non-hydrogen) atoms. The van der Waals surface area contributed by atoms with E-state index >= 15 is 0 Å². The highest BCUT2D eigenvalue weighted by Gasteiger charge is 2.38. The van der Waals surface area contributed by atoms with Crippen LogP contribution in [0.15, 0.2) is 53.0 Å². The van der Waals surface area contributed by atoms with E-state index in [9.17, 15) is 9.59 Å². The number of ether oxygens (including phenoxy) is 1. The molecule has 0 saturated carbocycles. The van der Waals surface area contributed by atoms with Gasteiger partial charge >= 0.3 is 5.97 Å². The molecule has 4 nitrogen and oxygen atoms in total. The Morgan fingerprint density at radius 2 is 1.96 bits per heavy atom. The van der Waals surface area contributed by atoms with Gasteiger partial charge in [0, 0.05) is 10.2 Å². The molecule has 0 aromatic heterocycles. The number of carbonyl (C=O) groups is 2. The van der Waals surface area contributed by atoms with Gasteiger partial charge in [-0.3, -0.25) is 9.59 Å². The Bertz CT molecular complexity index is 760. The van der Waals surface area contributed by atoms with Gasteiger partial charge in [0.1, 0.15) is 0 Å². The standard InChI is InChI=1S/C19H18BrNO3/c1-2-24-18(22)11-16-15-9-8-14(20)10-17(15)21(19(16)23)12-13-6-4-3-5-7-13/h3-10,16H,2,11-12H2,1H3. The first-order chi connectivity index (χ1) is 11.6. The van der Waals surface area contributed by atoms with E-state index in [0.717, 1.165) is 21.3 Å². The molecule has 1 unspecified atom stereocenters. The Balaban J connectivity index is 1.92. The molecule has 1 heterocycles. The highest BCUT2D eigenvalue weighted by molar-refractivity contribution is 9.10. The third kappa shape index (κ3) is 3.36. The molecule has 0 spiro atoms. The minimum atomic E-state index is -0.476. The zero-order chi connectivity index (χ0) is 17.1. The molecule has 0 radical (unpaired) electrons. The largest absolute Gasteiger partial charge is 0.466 e. The van der Waals surface area contributed by atoms with E-state index in [2.05, 4.69) is 15.9 Å². The molecule has 1 atom stereocenters. The fourth-order valence-corrected chi connectivity index (χ4v) is 3.35. The number of anilines is 1. The quantitative estimate of drug-likeness (QED) is 0.727. The van der Waals surface area contributed by atoms with Gasteiger partial charge in [-0.2, -0.15) is 0 Å². The molecule has 2 aromatic rings. The van der Waals surface area contributed by atoms with Crippen LogP contribution in [0.4, 0.5) is 5.69 Å². The maximum atomic E-state index is 12.9. The van der Waals surface area contributed by atoms with Crippen LogP contribution in [0.3, 0.4) is 0 Å². The highest BCUT2D eigenvalue weighted by atomic mass is 79.9. The van der Waals surface area contributed by atoms with Crippen molar-refractivity contribution in [1.82, 2.24) is 0 Å². The number of halogens is 1. The predicted molar refractivity (Wildman–Crippen MR) is 95.8 cm³/mol. The van der Waals surface area contributed by atoms with Crippen LogP contribution in [0.1, 0.15) is 30.4 Å². The van der Waals surface area contributed by atoms with Gasteiger partial charge in [-0.15, -0.1) is 0 Å². The summed E-state index contributed by atoms with van der Waals surface area (Å²) in [5, 5.41) is 0. The monoisotopic (exact) mass is 387 g/mol. The van der Waals surface area contributed by atoms with Gasteiger partial charge in [0.25, 0.3) is 0 Å². The molecule has 5 heteroatoms. The zero-order valence-corrected chi connectivity index (χ0v) is 15.0. The summed E-state index contributed by atoms with van der Waals surface area (Å²) in [6.45, 7) is 2.57. The molecular weight excluding hydrogens is 370 g/mol. The molecule has 0 fully saturated rings. The van der Waals surface area contributed by atoms with Crippen molar-refractivity contribution in [2.45, 2.75) is 25.8 Å². The summed E-state index contributed by atoms with van der Waals surface area (Å²) in [5.74, 6) is -0.873. The molecule has 1 aliphatic heterocycles. The molecule has 0 bridgehead atoms. The van der Waals surface area contributed by atoms with Gasteiger partial charge in [0.2, 0.25) is 5.91 Å². The Hall–Kier alpha value is -2.14. The fourth-order valence-electron chi connectivity index (χ4n) is 3.00. The lowest BCUT2D eigenvalue weighted by atomic mass is 9.97. The summed E-state index contributed by atoms with van der Waals surface area (Å²) in [6.07, 6.45) is 0.0760. The third-order valence-electron chi connectivity index (χ3n) is 4.08. The van der Waals surface area contributed by atoms with Gasteiger partial charge in [0.15, 0.2) is 0 Å². The van der Waals surface area contributed by atoms with Crippen LogP contribution >= 0.6 is 15.9 Å². The first-order valence-corrected chi connectivity index (χ1v) is 8.69. The molecule has 2 aromatic carbocycles. The van der Waals surface area contributed by atoms with E-state index in [1.54, 1.807) is 11.8 Å². The van der Waals surface area contributed by atoms with E-state index in [1.165, 1.54) is 0 Å². The Morgan fingerprint density at radius 1 is 1.21 bits per heavy atom. The van der Waals surface area contributed by atoms with Gasteiger partial charge in [-0.25, -0.2) is 0 Å². The van der Waals surface area contributed by atoms with Crippen molar-refractivity contribution >= 4 is 33.5 Å². The molecular formula is C19H18BrNO3. The third-order valence-corrected chi connectivity index (χ3v) is 4.58. The van der Waals surface area contributed by atoms with Crippen LogP contribution in [-0.4, -0.2) is 18.5 Å². The average molecular weight is 388 g/mol. The van der Waals surface area contributed by atoms with Crippen LogP contribution < -0.4 is 4.90 Å². The average Bonchev–Trinajstić information content (AvgIpc) is 2.81. The minimum Gasteiger partial charge on any atom is -0.466 e. The number of hydrogen-bond donors (Lipinski definition) is 0. The molecule has 0 N–H and O–H groups in total. The van der Waals surface area contributed by atoms with Gasteiger partial charge in [-0.05, 0) is 30.2 Å². The van der Waals surface area contributed by atoms with Crippen molar-refractivity contribution in [3.63, 3.8) is 0 Å². The lowest BCUT2D eigenvalue weighted by molar-refractivity contribution is -0.144. The Labute approximate surface area is 149 Å². The van der Waals surface area contributed by atoms with Crippen LogP contribution in [-0.2, 0) is 20.9 Å². The number of carbonyl (C=O) groups excluding carboxylic acids is 2. The first-order valence-electron chi connectivity index (χ1n) is 7.90. The summed E-state index contributed by atoms with van der Waals surface area (Å²) in [6, 6.07) is 15.6. The smallest absolute Gasteiger partial charge is 0.306 e. The van der Waals surface area contributed by atoms with Crippen molar-refractivity contribution in [2.24, 2.45) is 0 Å². The second-order valence-electron chi connectivity index (χ2n) is 5.67. The summed E-state index contributed by atoms with van der Waals surface area (Å²) in [5.41, 5.74) is 2.79. The van der Waals surface area contributed by atoms with Crippen molar-refractivity contribution in [2.75, 3.05) is 11.5 Å². The topological polar surface area (TPSA) is 46.6 Å². The maximum absolute atomic E-state index is 12.9. The van der Waals surface area contributed by atoms with Crippen molar-refractivity contribution < 1.29 is 14.3 Å². The number of amides is 1. The predicted octanol–water partition coefficient (Wildman–Crippen LogP) is 4.03. The van der Waals surface area contributed by atoms with E-state index in [1.807, 2.05) is 48.5 Å². The van der Waals surface area contributed by atoms with Crippen molar-refractivity contribution in [3.05, 3.63) is 64.1 Å². The number of benzene rings is 2. The fraction of sp³-hybridized carbons (Fsp3) is 0.263. The second-order valence-corrected chi connectivity index (χ2v) is 6.59. The van der Waals surface area contributed by atoms with Crippen LogP contribution in [0.2, 0.25) is 0 Å². The van der Waals surface area contributed by atoms with Gasteiger partial charge in [0.05, 0.1) is 25.5 Å². The maximum Gasteiger partial charge on any atom is 0.306 e. The molecule has 124 valence electrons. The molecule has 1 aliphatic rings. The lowest BCUT2D eigenvalue weighted by Gasteiger charge is -2.18. The van der Waals surface area contributed by atoms with Crippen LogP contribution in [0.5, 0.6) is 0 Å². The molecule has 3 rings (SSSR count). The van der Waals surface area contributed by atoms with Crippen LogP contribution in [0.25, 0.3) is 0 Å². The Kier molecular flexibility index (Phi) is 5.00. The van der Waals surface area contributed by atoms with E-state index in [-0.39, 0.29) is 18.3 Å². The summed E-state index contributed by atoms with van der Waals surface area (Å²) in [7, 11) is 0. The van der Waals surface area contributed by atoms with E-state index in [0.29, 0.717) is 13.2 Å². The second kappa shape index (κ2) is 7.18. The normalized spacial score (nSPS) is 16.2. The van der Waals surface area contributed by atoms with Crippen LogP contribution in [0, 0.1) is 0 Å². The first kappa shape index (κ1) is 16.7. The summed E-state index contributed by atoms with van der Waals surface area (Å²) < 4.78 is 5.93. The van der Waals surface area contributed by atoms with E-state index < -0.39 is 5.92 Å². The number of esters is 1. The summed E-state index contributed by atoms with van der Waals surface area (Å²) in [4.78, 5) is 26.6. The van der Waals surface area contributed by atoms with E-state index in [4.69, 9.17) is 4.74 Å². The molecule has 0 aliphatic carbocycles. The minimum absolute atomic E-state index is 0.0555. The molecule has 1 amide bonds. The number of nitrogens with zero attached hydrogens (tertiary/aromatic N) is 1. The SMILES string of the molecule is CCOC(=O)CC1C(=O)N(Cc2ccccc2)c2cc(Br)ccc21. The van der Waals surface area contributed by atoms with Crippen molar-refractivity contribution in [3.8, 4) is 0 Å². The van der Waals surface area contributed by atoms with Gasteiger partial charge in [-0.1, -0.05) is 52.3 Å². The number of rotatable bonds is 5.